The van der Waals surface area contributed by atoms with E-state index < -0.39 is 0 Å². The normalized spacial score (nSPS) is 13.4. The third-order valence-electron chi connectivity index (χ3n) is 3.20. The summed E-state index contributed by atoms with van der Waals surface area (Å²) in [7, 11) is 0. The van der Waals surface area contributed by atoms with Crippen molar-refractivity contribution < 1.29 is 14.4 Å². The number of nitrogens with two attached hydrogens (primary N) is 1. The van der Waals surface area contributed by atoms with Gasteiger partial charge in [-0.05, 0) is 27.2 Å². The molecule has 6 nitrogen and oxygen atoms in total. The average Bonchev–Trinajstić information content (AvgIpc) is 2.62. The molecule has 6 heteroatoms. The molecule has 0 fully saturated rings. The number of aryl methyl sites for hydroxylation is 2. The van der Waals surface area contributed by atoms with Crippen molar-refractivity contribution in [2.24, 2.45) is 10.9 Å². The number of amidine groups is 1. The van der Waals surface area contributed by atoms with E-state index in [-0.39, 0.29) is 17.8 Å². The number of furan rings is 1. The predicted octanol–water partition coefficient (Wildman–Crippen LogP) is 1.85. The van der Waals surface area contributed by atoms with Crippen molar-refractivity contribution in [3.8, 4) is 0 Å². The van der Waals surface area contributed by atoms with Crippen LogP contribution in [-0.2, 0) is 0 Å². The van der Waals surface area contributed by atoms with Crippen LogP contribution in [0.2, 0.25) is 0 Å². The summed E-state index contributed by atoms with van der Waals surface area (Å²) in [6.45, 7) is 7.37. The largest absolute Gasteiger partial charge is 0.466 e. The molecule has 0 saturated heterocycles. The SMILES string of the molecule is CCC(CC(N)=NO)NC(=O)c1c(C)oc(C)c1C. The molecule has 106 valence electrons. The summed E-state index contributed by atoms with van der Waals surface area (Å²) in [6, 6.07) is -0.169. The van der Waals surface area contributed by atoms with Gasteiger partial charge in [-0.2, -0.15) is 0 Å². The van der Waals surface area contributed by atoms with Gasteiger partial charge < -0.3 is 20.7 Å². The predicted molar refractivity (Wildman–Crippen MR) is 72.5 cm³/mol. The summed E-state index contributed by atoms with van der Waals surface area (Å²) >= 11 is 0. The average molecular weight is 267 g/mol. The second-order valence-electron chi connectivity index (χ2n) is 4.59. The number of nitrogens with one attached hydrogen (secondary N) is 1. The van der Waals surface area contributed by atoms with Crippen LogP contribution in [0.25, 0.3) is 0 Å². The Bertz CT molecular complexity index is 492. The van der Waals surface area contributed by atoms with E-state index in [0.717, 1.165) is 11.3 Å². The number of amides is 1. The molecule has 1 unspecified atom stereocenters. The van der Waals surface area contributed by atoms with Crippen LogP contribution < -0.4 is 11.1 Å². The van der Waals surface area contributed by atoms with Gasteiger partial charge in [-0.1, -0.05) is 12.1 Å². The van der Waals surface area contributed by atoms with E-state index in [1.807, 2.05) is 20.8 Å². The van der Waals surface area contributed by atoms with Gasteiger partial charge in [-0.15, -0.1) is 0 Å². The first kappa shape index (κ1) is 15.1. The third kappa shape index (κ3) is 3.49. The number of hydrogen-bond acceptors (Lipinski definition) is 4. The number of carbonyl (C=O) groups excluding carboxylic acids is 1. The van der Waals surface area contributed by atoms with Gasteiger partial charge in [0.2, 0.25) is 0 Å². The van der Waals surface area contributed by atoms with E-state index in [2.05, 4.69) is 10.5 Å². The first-order chi connectivity index (χ1) is 8.90. The molecule has 0 saturated carbocycles. The van der Waals surface area contributed by atoms with Crippen LogP contribution >= 0.6 is 0 Å². The lowest BCUT2D eigenvalue weighted by molar-refractivity contribution is 0.0935. The van der Waals surface area contributed by atoms with E-state index in [1.165, 1.54) is 0 Å². The lowest BCUT2D eigenvalue weighted by atomic mass is 10.1. The Morgan fingerprint density at radius 1 is 1.42 bits per heavy atom. The zero-order valence-corrected chi connectivity index (χ0v) is 11.8. The van der Waals surface area contributed by atoms with Crippen molar-refractivity contribution >= 4 is 11.7 Å². The minimum absolute atomic E-state index is 0.101. The Hall–Kier alpha value is -1.98. The topological polar surface area (TPSA) is 101 Å². The molecule has 0 aliphatic rings. The third-order valence-corrected chi connectivity index (χ3v) is 3.20. The highest BCUT2D eigenvalue weighted by Crippen LogP contribution is 2.20. The van der Waals surface area contributed by atoms with Crippen molar-refractivity contribution in [3.05, 3.63) is 22.6 Å². The Morgan fingerprint density at radius 3 is 2.47 bits per heavy atom. The fraction of sp³-hybridized carbons (Fsp3) is 0.538. The lowest BCUT2D eigenvalue weighted by Crippen LogP contribution is -2.37. The number of nitrogens with zero attached hydrogens (tertiary/aromatic N) is 1. The van der Waals surface area contributed by atoms with E-state index in [1.54, 1.807) is 6.92 Å². The maximum atomic E-state index is 12.2. The van der Waals surface area contributed by atoms with Gasteiger partial charge in [-0.25, -0.2) is 0 Å². The Kier molecular flexibility index (Phi) is 4.97. The van der Waals surface area contributed by atoms with Crippen molar-refractivity contribution in [3.63, 3.8) is 0 Å². The number of hydrogen-bond donors (Lipinski definition) is 3. The molecule has 1 heterocycles. The second kappa shape index (κ2) is 6.26. The molecule has 1 atom stereocenters. The standard InChI is InChI=1S/C13H21N3O3/c1-5-10(6-11(14)16-18)15-13(17)12-7(2)8(3)19-9(12)4/h10,18H,5-6H2,1-4H3,(H2,14,16)(H,15,17). The first-order valence-corrected chi connectivity index (χ1v) is 6.24. The number of carbonyl (C=O) groups is 1. The Morgan fingerprint density at radius 2 is 2.05 bits per heavy atom. The molecule has 4 N–H and O–H groups in total. The number of oxime groups is 1. The molecule has 0 aromatic carbocycles. The summed E-state index contributed by atoms with van der Waals surface area (Å²) in [5.41, 5.74) is 6.86. The van der Waals surface area contributed by atoms with Crippen LogP contribution in [0.5, 0.6) is 0 Å². The molecule has 0 aliphatic heterocycles. The molecule has 0 bridgehead atoms. The summed E-state index contributed by atoms with van der Waals surface area (Å²) in [5, 5.41) is 14.3. The van der Waals surface area contributed by atoms with Crippen LogP contribution in [0.15, 0.2) is 9.57 Å². The highest BCUT2D eigenvalue weighted by molar-refractivity contribution is 5.97. The fourth-order valence-corrected chi connectivity index (χ4v) is 1.98. The zero-order valence-electron chi connectivity index (χ0n) is 11.8. The van der Waals surface area contributed by atoms with Gasteiger partial charge in [0.15, 0.2) is 0 Å². The van der Waals surface area contributed by atoms with Crippen LogP contribution in [-0.4, -0.2) is 23.0 Å². The molecule has 0 spiro atoms. The van der Waals surface area contributed by atoms with Crippen molar-refractivity contribution in [1.82, 2.24) is 5.32 Å². The summed E-state index contributed by atoms with van der Waals surface area (Å²) in [6.07, 6.45) is 1.00. The smallest absolute Gasteiger partial charge is 0.255 e. The minimum atomic E-state index is -0.190. The van der Waals surface area contributed by atoms with Gasteiger partial charge in [0.1, 0.15) is 17.4 Å². The quantitative estimate of drug-likeness (QED) is 0.328. The Balaban J connectivity index is 2.83. The molecule has 1 rings (SSSR count). The molecule has 1 amide bonds. The molecule has 1 aromatic rings. The molecule has 0 aliphatic carbocycles. The number of rotatable bonds is 5. The van der Waals surface area contributed by atoms with Gasteiger partial charge >= 0.3 is 0 Å². The fourth-order valence-electron chi connectivity index (χ4n) is 1.98. The summed E-state index contributed by atoms with van der Waals surface area (Å²) < 4.78 is 5.43. The zero-order chi connectivity index (χ0) is 14.6. The van der Waals surface area contributed by atoms with Crippen LogP contribution in [0.4, 0.5) is 0 Å². The van der Waals surface area contributed by atoms with Crippen LogP contribution in [0.3, 0.4) is 0 Å². The van der Waals surface area contributed by atoms with Gasteiger partial charge in [0.25, 0.3) is 5.91 Å². The molecule has 0 radical (unpaired) electrons. The summed E-state index contributed by atoms with van der Waals surface area (Å²) in [5.74, 6) is 1.26. The molecular weight excluding hydrogens is 246 g/mol. The lowest BCUT2D eigenvalue weighted by Gasteiger charge is -2.16. The minimum Gasteiger partial charge on any atom is -0.466 e. The second-order valence-corrected chi connectivity index (χ2v) is 4.59. The van der Waals surface area contributed by atoms with E-state index in [0.29, 0.717) is 24.2 Å². The van der Waals surface area contributed by atoms with Crippen LogP contribution in [0, 0.1) is 20.8 Å². The van der Waals surface area contributed by atoms with E-state index in [4.69, 9.17) is 15.4 Å². The molecular formula is C13H21N3O3. The van der Waals surface area contributed by atoms with E-state index >= 15 is 0 Å². The molecule has 1 aromatic heterocycles. The maximum Gasteiger partial charge on any atom is 0.255 e. The highest BCUT2D eigenvalue weighted by Gasteiger charge is 2.21. The summed E-state index contributed by atoms with van der Waals surface area (Å²) in [4.78, 5) is 12.2. The monoisotopic (exact) mass is 267 g/mol. The Labute approximate surface area is 112 Å². The van der Waals surface area contributed by atoms with Gasteiger partial charge in [0.05, 0.1) is 5.56 Å². The molecule has 19 heavy (non-hydrogen) atoms. The highest BCUT2D eigenvalue weighted by atomic mass is 16.4. The van der Waals surface area contributed by atoms with Gasteiger partial charge in [0, 0.05) is 18.0 Å². The first-order valence-electron chi connectivity index (χ1n) is 6.24. The van der Waals surface area contributed by atoms with Crippen molar-refractivity contribution in [2.75, 3.05) is 0 Å². The van der Waals surface area contributed by atoms with Crippen molar-refractivity contribution in [2.45, 2.75) is 46.6 Å². The maximum absolute atomic E-state index is 12.2. The van der Waals surface area contributed by atoms with E-state index in [9.17, 15) is 4.79 Å². The van der Waals surface area contributed by atoms with Gasteiger partial charge in [-0.3, -0.25) is 4.79 Å². The van der Waals surface area contributed by atoms with Crippen molar-refractivity contribution in [1.29, 1.82) is 0 Å². The van der Waals surface area contributed by atoms with Crippen LogP contribution in [0.1, 0.15) is 47.2 Å².